The highest BCUT2D eigenvalue weighted by Crippen LogP contribution is 2.47. The van der Waals surface area contributed by atoms with E-state index in [1.54, 1.807) is 18.9 Å². The smallest absolute Gasteiger partial charge is 0.314 e. The second kappa shape index (κ2) is 4.61. The van der Waals surface area contributed by atoms with E-state index >= 15 is 0 Å². The average molecular weight is 252 g/mol. The number of carboxylic acid groups (broad SMARTS) is 1. The van der Waals surface area contributed by atoms with Crippen molar-refractivity contribution in [3.8, 4) is 5.75 Å². The zero-order valence-corrected chi connectivity index (χ0v) is 10.8. The monoisotopic (exact) mass is 252 g/mol. The van der Waals surface area contributed by atoms with Crippen molar-refractivity contribution in [2.24, 2.45) is 0 Å². The summed E-state index contributed by atoms with van der Waals surface area (Å²) >= 11 is 1.62. The summed E-state index contributed by atoms with van der Waals surface area (Å²) in [5.41, 5.74) is 0.0963. The first-order valence-corrected chi connectivity index (χ1v) is 6.82. The van der Waals surface area contributed by atoms with Crippen LogP contribution in [0.15, 0.2) is 23.1 Å². The highest BCUT2D eigenvalue weighted by Gasteiger charge is 2.47. The molecule has 0 atom stereocenters. The number of carbonyl (C=O) groups is 1. The lowest BCUT2D eigenvalue weighted by atomic mass is 9.64. The molecule has 17 heavy (non-hydrogen) atoms. The van der Waals surface area contributed by atoms with Crippen LogP contribution in [0, 0.1) is 0 Å². The fraction of sp³-hybridized carbons (Fsp3) is 0.462. The number of ether oxygens (including phenoxy) is 1. The van der Waals surface area contributed by atoms with Gasteiger partial charge in [-0.2, -0.15) is 0 Å². The van der Waals surface area contributed by atoms with E-state index in [-0.39, 0.29) is 0 Å². The lowest BCUT2D eigenvalue weighted by Crippen LogP contribution is -2.42. The van der Waals surface area contributed by atoms with E-state index in [1.165, 1.54) is 0 Å². The van der Waals surface area contributed by atoms with Crippen LogP contribution in [0.1, 0.15) is 24.8 Å². The zero-order valence-electron chi connectivity index (χ0n) is 10.0. The first-order chi connectivity index (χ1) is 8.14. The minimum absolute atomic E-state index is 0.693. The first kappa shape index (κ1) is 12.3. The van der Waals surface area contributed by atoms with Gasteiger partial charge in [0.1, 0.15) is 5.75 Å². The molecular formula is C13H16O3S. The third-order valence-corrected chi connectivity index (χ3v) is 4.27. The van der Waals surface area contributed by atoms with Crippen molar-refractivity contribution in [3.05, 3.63) is 23.8 Å². The fourth-order valence-electron chi connectivity index (χ4n) is 2.32. The summed E-state index contributed by atoms with van der Waals surface area (Å²) in [5, 5.41) is 9.42. The molecule has 2 rings (SSSR count). The van der Waals surface area contributed by atoms with Crippen LogP contribution in [0.5, 0.6) is 5.75 Å². The standard InChI is InChI=1S/C13H16O3S/c1-16-11-8-9(17-2)4-5-10(11)13(12(14)15)6-3-7-13/h4-5,8H,3,6-7H2,1-2H3,(H,14,15). The van der Waals surface area contributed by atoms with Crippen LogP contribution in [0.3, 0.4) is 0 Å². The Morgan fingerprint density at radius 1 is 1.47 bits per heavy atom. The molecule has 0 aliphatic heterocycles. The number of thioether (sulfide) groups is 1. The van der Waals surface area contributed by atoms with Gasteiger partial charge in [0.2, 0.25) is 0 Å². The van der Waals surface area contributed by atoms with Gasteiger partial charge in [-0.1, -0.05) is 12.5 Å². The molecule has 1 aromatic rings. The Labute approximate surface area is 105 Å². The second-order valence-electron chi connectivity index (χ2n) is 4.31. The molecule has 1 fully saturated rings. The summed E-state index contributed by atoms with van der Waals surface area (Å²) in [6, 6.07) is 5.78. The molecule has 0 aromatic heterocycles. The minimum Gasteiger partial charge on any atom is -0.496 e. The van der Waals surface area contributed by atoms with Crippen molar-refractivity contribution >= 4 is 17.7 Å². The van der Waals surface area contributed by atoms with Crippen LogP contribution in [0.4, 0.5) is 0 Å². The van der Waals surface area contributed by atoms with E-state index in [4.69, 9.17) is 4.74 Å². The van der Waals surface area contributed by atoms with Gasteiger partial charge >= 0.3 is 5.97 Å². The predicted octanol–water partition coefficient (Wildman–Crippen LogP) is 2.92. The third kappa shape index (κ3) is 1.90. The highest BCUT2D eigenvalue weighted by molar-refractivity contribution is 7.98. The minimum atomic E-state index is -0.737. The van der Waals surface area contributed by atoms with E-state index in [0.717, 1.165) is 16.9 Å². The van der Waals surface area contributed by atoms with Crippen molar-refractivity contribution in [3.63, 3.8) is 0 Å². The van der Waals surface area contributed by atoms with Gasteiger partial charge in [-0.3, -0.25) is 4.79 Å². The van der Waals surface area contributed by atoms with Crippen LogP contribution >= 0.6 is 11.8 Å². The molecule has 0 spiro atoms. The molecule has 1 saturated carbocycles. The molecule has 0 radical (unpaired) electrons. The van der Waals surface area contributed by atoms with E-state index < -0.39 is 11.4 Å². The molecule has 4 heteroatoms. The Kier molecular flexibility index (Phi) is 3.33. The summed E-state index contributed by atoms with van der Waals surface area (Å²) in [5.74, 6) is -0.0436. The molecule has 0 bridgehead atoms. The lowest BCUT2D eigenvalue weighted by Gasteiger charge is -2.38. The molecule has 1 aromatic carbocycles. The molecule has 92 valence electrons. The van der Waals surface area contributed by atoms with Crippen molar-refractivity contribution < 1.29 is 14.6 Å². The highest BCUT2D eigenvalue weighted by atomic mass is 32.2. The maximum atomic E-state index is 11.5. The quantitative estimate of drug-likeness (QED) is 0.837. The summed E-state index contributed by atoms with van der Waals surface area (Å²) in [4.78, 5) is 12.6. The van der Waals surface area contributed by atoms with Crippen molar-refractivity contribution in [2.45, 2.75) is 29.6 Å². The number of carboxylic acids is 1. The van der Waals surface area contributed by atoms with E-state index in [0.29, 0.717) is 18.6 Å². The average Bonchev–Trinajstić information content (AvgIpc) is 2.27. The number of aliphatic carboxylic acids is 1. The van der Waals surface area contributed by atoms with Gasteiger partial charge in [0, 0.05) is 10.5 Å². The van der Waals surface area contributed by atoms with E-state index in [9.17, 15) is 9.90 Å². The maximum Gasteiger partial charge on any atom is 0.314 e. The Balaban J connectivity index is 2.47. The normalized spacial score (nSPS) is 17.3. The van der Waals surface area contributed by atoms with Crippen LogP contribution in [-0.2, 0) is 10.2 Å². The summed E-state index contributed by atoms with van der Waals surface area (Å²) in [7, 11) is 1.59. The maximum absolute atomic E-state index is 11.5. The molecular weight excluding hydrogens is 236 g/mol. The predicted molar refractivity (Wildman–Crippen MR) is 67.9 cm³/mol. The number of rotatable bonds is 4. The van der Waals surface area contributed by atoms with Crippen LogP contribution in [0.25, 0.3) is 0 Å². The number of hydrogen-bond acceptors (Lipinski definition) is 3. The van der Waals surface area contributed by atoms with Gasteiger partial charge in [-0.25, -0.2) is 0 Å². The zero-order chi connectivity index (χ0) is 12.5. The summed E-state index contributed by atoms with van der Waals surface area (Å²) in [6.07, 6.45) is 4.37. The van der Waals surface area contributed by atoms with Gasteiger partial charge in [0.05, 0.1) is 12.5 Å². The van der Waals surface area contributed by atoms with Crippen molar-refractivity contribution in [2.75, 3.05) is 13.4 Å². The van der Waals surface area contributed by atoms with Gasteiger partial charge in [-0.15, -0.1) is 11.8 Å². The molecule has 1 N–H and O–H groups in total. The molecule has 0 amide bonds. The topological polar surface area (TPSA) is 46.5 Å². The van der Waals surface area contributed by atoms with Crippen molar-refractivity contribution in [1.29, 1.82) is 0 Å². The Morgan fingerprint density at radius 2 is 2.18 bits per heavy atom. The molecule has 0 unspecified atom stereocenters. The summed E-state index contributed by atoms with van der Waals surface area (Å²) < 4.78 is 5.34. The Morgan fingerprint density at radius 3 is 2.59 bits per heavy atom. The third-order valence-electron chi connectivity index (χ3n) is 3.54. The van der Waals surface area contributed by atoms with Crippen molar-refractivity contribution in [1.82, 2.24) is 0 Å². The van der Waals surface area contributed by atoms with Gasteiger partial charge in [-0.05, 0) is 31.2 Å². The number of benzene rings is 1. The molecule has 0 heterocycles. The lowest BCUT2D eigenvalue weighted by molar-refractivity contribution is -0.147. The number of methoxy groups -OCH3 is 1. The van der Waals surface area contributed by atoms with Crippen LogP contribution in [-0.4, -0.2) is 24.4 Å². The Bertz CT molecular complexity index is 438. The number of hydrogen-bond donors (Lipinski definition) is 1. The van der Waals surface area contributed by atoms with Crippen LogP contribution < -0.4 is 4.74 Å². The SMILES string of the molecule is COc1cc(SC)ccc1C1(C(=O)O)CCC1. The van der Waals surface area contributed by atoms with E-state index in [2.05, 4.69) is 0 Å². The molecule has 0 saturated heterocycles. The summed E-state index contributed by atoms with van der Waals surface area (Å²) in [6.45, 7) is 0. The second-order valence-corrected chi connectivity index (χ2v) is 5.19. The Hall–Kier alpha value is -1.16. The molecule has 1 aliphatic carbocycles. The van der Waals surface area contributed by atoms with E-state index in [1.807, 2.05) is 24.5 Å². The largest absolute Gasteiger partial charge is 0.496 e. The molecule has 3 nitrogen and oxygen atoms in total. The first-order valence-electron chi connectivity index (χ1n) is 5.60. The van der Waals surface area contributed by atoms with Gasteiger partial charge in [0.25, 0.3) is 0 Å². The molecule has 1 aliphatic rings. The van der Waals surface area contributed by atoms with Gasteiger partial charge in [0.15, 0.2) is 0 Å². The van der Waals surface area contributed by atoms with Gasteiger partial charge < -0.3 is 9.84 Å². The fourth-order valence-corrected chi connectivity index (χ4v) is 2.75. The van der Waals surface area contributed by atoms with Crippen LogP contribution in [0.2, 0.25) is 0 Å².